The summed E-state index contributed by atoms with van der Waals surface area (Å²) in [6.07, 6.45) is 4.29. The largest absolute Gasteiger partial charge is 0.370 e. The first-order valence-corrected chi connectivity index (χ1v) is 7.74. The van der Waals surface area contributed by atoms with Gasteiger partial charge in [0, 0.05) is 23.6 Å². The average molecular weight is 309 g/mol. The van der Waals surface area contributed by atoms with Crippen molar-refractivity contribution in [3.63, 3.8) is 0 Å². The smallest absolute Gasteiger partial charge is 0.0511 e. The Morgan fingerprint density at radius 1 is 1.28 bits per heavy atom. The van der Waals surface area contributed by atoms with Gasteiger partial charge in [-0.25, -0.2) is 0 Å². The Kier molecular flexibility index (Phi) is 3.37. The van der Waals surface area contributed by atoms with Crippen molar-refractivity contribution in [3.8, 4) is 0 Å². The standard InChI is InChI=1S/C15H21BrN2/c1-10(17)11-5-6-15(14(16)7-11)18-8-12-3-2-4-13(12)9-18/h5-7,10,12-13H,2-4,8-9,17H2,1H3/t10-,12?,13?/m1/s1. The highest BCUT2D eigenvalue weighted by atomic mass is 79.9. The van der Waals surface area contributed by atoms with E-state index in [0.29, 0.717) is 0 Å². The molecule has 2 aliphatic rings. The number of rotatable bonds is 2. The van der Waals surface area contributed by atoms with Crippen LogP contribution in [0.15, 0.2) is 22.7 Å². The number of anilines is 1. The van der Waals surface area contributed by atoms with Crippen molar-refractivity contribution in [2.75, 3.05) is 18.0 Å². The first kappa shape index (κ1) is 12.5. The third kappa shape index (κ3) is 2.19. The van der Waals surface area contributed by atoms with Crippen molar-refractivity contribution in [2.45, 2.75) is 32.2 Å². The van der Waals surface area contributed by atoms with Crippen LogP contribution in [0.5, 0.6) is 0 Å². The van der Waals surface area contributed by atoms with Crippen molar-refractivity contribution < 1.29 is 0 Å². The molecule has 1 aliphatic carbocycles. The second-order valence-corrected chi connectivity index (χ2v) is 6.71. The number of nitrogens with two attached hydrogens (primary N) is 1. The molecule has 98 valence electrons. The lowest BCUT2D eigenvalue weighted by molar-refractivity contribution is 0.494. The second kappa shape index (κ2) is 4.86. The van der Waals surface area contributed by atoms with E-state index in [0.717, 1.165) is 11.8 Å². The molecule has 1 aliphatic heterocycles. The molecule has 1 saturated carbocycles. The summed E-state index contributed by atoms with van der Waals surface area (Å²) < 4.78 is 1.19. The monoisotopic (exact) mass is 308 g/mol. The Morgan fingerprint density at radius 3 is 2.50 bits per heavy atom. The van der Waals surface area contributed by atoms with Crippen LogP contribution in [0.3, 0.4) is 0 Å². The first-order chi connectivity index (χ1) is 8.65. The third-order valence-electron chi connectivity index (χ3n) is 4.56. The molecule has 18 heavy (non-hydrogen) atoms. The highest BCUT2D eigenvalue weighted by molar-refractivity contribution is 9.10. The first-order valence-electron chi connectivity index (χ1n) is 6.95. The summed E-state index contributed by atoms with van der Waals surface area (Å²) in [6.45, 7) is 4.50. The number of hydrogen-bond donors (Lipinski definition) is 1. The summed E-state index contributed by atoms with van der Waals surface area (Å²) in [5.74, 6) is 1.87. The van der Waals surface area contributed by atoms with E-state index in [1.807, 2.05) is 6.92 Å². The fourth-order valence-electron chi connectivity index (χ4n) is 3.49. The maximum absolute atomic E-state index is 5.93. The van der Waals surface area contributed by atoms with Gasteiger partial charge in [-0.1, -0.05) is 12.5 Å². The molecule has 0 amide bonds. The van der Waals surface area contributed by atoms with E-state index in [-0.39, 0.29) is 6.04 Å². The molecular weight excluding hydrogens is 288 g/mol. The average Bonchev–Trinajstić information content (AvgIpc) is 2.88. The van der Waals surface area contributed by atoms with E-state index < -0.39 is 0 Å². The molecule has 0 aromatic heterocycles. The molecule has 3 rings (SSSR count). The lowest BCUT2D eigenvalue weighted by Gasteiger charge is -2.22. The van der Waals surface area contributed by atoms with Crippen molar-refractivity contribution >= 4 is 21.6 Å². The second-order valence-electron chi connectivity index (χ2n) is 5.86. The molecule has 0 spiro atoms. The minimum atomic E-state index is 0.105. The fraction of sp³-hybridized carbons (Fsp3) is 0.600. The van der Waals surface area contributed by atoms with Gasteiger partial charge in [-0.3, -0.25) is 0 Å². The predicted molar refractivity (Wildman–Crippen MR) is 79.8 cm³/mol. The highest BCUT2D eigenvalue weighted by Crippen LogP contribution is 2.41. The number of fused-ring (bicyclic) bond motifs is 1. The number of nitrogens with zero attached hydrogens (tertiary/aromatic N) is 1. The molecule has 3 heteroatoms. The van der Waals surface area contributed by atoms with Gasteiger partial charge in [-0.15, -0.1) is 0 Å². The molecule has 2 N–H and O–H groups in total. The van der Waals surface area contributed by atoms with E-state index >= 15 is 0 Å². The maximum atomic E-state index is 5.93. The van der Waals surface area contributed by atoms with Gasteiger partial charge >= 0.3 is 0 Å². The number of benzene rings is 1. The van der Waals surface area contributed by atoms with Gasteiger partial charge < -0.3 is 10.6 Å². The van der Waals surface area contributed by atoms with E-state index in [1.165, 1.54) is 48.1 Å². The van der Waals surface area contributed by atoms with Crippen molar-refractivity contribution in [1.82, 2.24) is 0 Å². The van der Waals surface area contributed by atoms with E-state index in [1.54, 1.807) is 0 Å². The minimum Gasteiger partial charge on any atom is -0.370 e. The molecule has 2 fully saturated rings. The molecule has 1 aromatic carbocycles. The predicted octanol–water partition coefficient (Wildman–Crippen LogP) is 3.71. The van der Waals surface area contributed by atoms with E-state index in [9.17, 15) is 0 Å². The Bertz CT molecular complexity index is 432. The molecule has 2 nitrogen and oxygen atoms in total. The lowest BCUT2D eigenvalue weighted by atomic mass is 10.0. The van der Waals surface area contributed by atoms with Gasteiger partial charge in [0.1, 0.15) is 0 Å². The van der Waals surface area contributed by atoms with Gasteiger partial charge in [0.25, 0.3) is 0 Å². The zero-order chi connectivity index (χ0) is 12.7. The van der Waals surface area contributed by atoms with Crippen molar-refractivity contribution in [3.05, 3.63) is 28.2 Å². The molecular formula is C15H21BrN2. The van der Waals surface area contributed by atoms with Gasteiger partial charge in [0.05, 0.1) is 5.69 Å². The Hall–Kier alpha value is -0.540. The third-order valence-corrected chi connectivity index (χ3v) is 5.20. The van der Waals surface area contributed by atoms with Crippen LogP contribution >= 0.6 is 15.9 Å². The minimum absolute atomic E-state index is 0.105. The lowest BCUT2D eigenvalue weighted by Crippen LogP contribution is -2.21. The van der Waals surface area contributed by atoms with Gasteiger partial charge in [-0.2, -0.15) is 0 Å². The Morgan fingerprint density at radius 2 is 1.94 bits per heavy atom. The Labute approximate surface area is 118 Å². The molecule has 0 bridgehead atoms. The van der Waals surface area contributed by atoms with Gasteiger partial charge in [0.15, 0.2) is 0 Å². The van der Waals surface area contributed by atoms with Crippen LogP contribution in [0.4, 0.5) is 5.69 Å². The van der Waals surface area contributed by atoms with Crippen LogP contribution < -0.4 is 10.6 Å². The summed E-state index contributed by atoms with van der Waals surface area (Å²) >= 11 is 3.71. The van der Waals surface area contributed by atoms with Crippen LogP contribution in [-0.2, 0) is 0 Å². The topological polar surface area (TPSA) is 29.3 Å². The molecule has 2 unspecified atom stereocenters. The van der Waals surface area contributed by atoms with E-state index in [2.05, 4.69) is 39.0 Å². The SMILES string of the molecule is C[C@@H](N)c1ccc(N2CC3CCCC3C2)c(Br)c1. The van der Waals surface area contributed by atoms with Crippen molar-refractivity contribution in [1.29, 1.82) is 0 Å². The molecule has 1 heterocycles. The van der Waals surface area contributed by atoms with Crippen LogP contribution in [0.25, 0.3) is 0 Å². The summed E-state index contributed by atoms with van der Waals surface area (Å²) in [5.41, 5.74) is 8.47. The number of hydrogen-bond acceptors (Lipinski definition) is 2. The maximum Gasteiger partial charge on any atom is 0.0511 e. The zero-order valence-corrected chi connectivity index (χ0v) is 12.5. The summed E-state index contributed by atoms with van der Waals surface area (Å²) in [6, 6.07) is 6.67. The molecule has 1 saturated heterocycles. The number of halogens is 1. The van der Waals surface area contributed by atoms with Crippen LogP contribution in [0.1, 0.15) is 37.8 Å². The van der Waals surface area contributed by atoms with Crippen LogP contribution in [0.2, 0.25) is 0 Å². The summed E-state index contributed by atoms with van der Waals surface area (Å²) in [5, 5.41) is 0. The van der Waals surface area contributed by atoms with Crippen LogP contribution in [-0.4, -0.2) is 13.1 Å². The summed E-state index contributed by atoms with van der Waals surface area (Å²) in [4.78, 5) is 2.55. The normalized spacial score (nSPS) is 28.5. The van der Waals surface area contributed by atoms with Crippen LogP contribution in [0, 0.1) is 11.8 Å². The van der Waals surface area contributed by atoms with Gasteiger partial charge in [0.2, 0.25) is 0 Å². The van der Waals surface area contributed by atoms with E-state index in [4.69, 9.17) is 5.73 Å². The molecule has 1 aromatic rings. The van der Waals surface area contributed by atoms with Gasteiger partial charge in [-0.05, 0) is 65.2 Å². The summed E-state index contributed by atoms with van der Waals surface area (Å²) in [7, 11) is 0. The van der Waals surface area contributed by atoms with Crippen molar-refractivity contribution in [2.24, 2.45) is 17.6 Å². The molecule has 0 radical (unpaired) electrons. The highest BCUT2D eigenvalue weighted by Gasteiger charge is 2.36. The quantitative estimate of drug-likeness (QED) is 0.902. The molecule has 3 atom stereocenters. The zero-order valence-electron chi connectivity index (χ0n) is 10.9. The Balaban J connectivity index is 1.81. The fourth-order valence-corrected chi connectivity index (χ4v) is 4.14.